The zero-order chi connectivity index (χ0) is 15.6. The van der Waals surface area contributed by atoms with Gasteiger partial charge in [0.1, 0.15) is 0 Å². The molecule has 0 bridgehead atoms. The summed E-state index contributed by atoms with van der Waals surface area (Å²) < 4.78 is 5.01. The first-order chi connectivity index (χ1) is 9.82. The molecule has 112 valence electrons. The van der Waals surface area contributed by atoms with Crippen LogP contribution < -0.4 is 5.32 Å². The molecule has 2 rings (SSSR count). The number of ether oxygens (including phenoxy) is 1. The van der Waals surface area contributed by atoms with Crippen LogP contribution in [0.5, 0.6) is 0 Å². The molecule has 0 atom stereocenters. The van der Waals surface area contributed by atoms with E-state index < -0.39 is 5.97 Å². The van der Waals surface area contributed by atoms with Crippen LogP contribution in [0.25, 0.3) is 5.70 Å². The summed E-state index contributed by atoms with van der Waals surface area (Å²) in [7, 11) is 0. The van der Waals surface area contributed by atoms with Crippen molar-refractivity contribution in [3.05, 3.63) is 41.0 Å². The minimum Gasteiger partial charge on any atom is -0.463 e. The van der Waals surface area contributed by atoms with Crippen LogP contribution >= 0.6 is 0 Å². The predicted molar refractivity (Wildman–Crippen MR) is 81.5 cm³/mol. The van der Waals surface area contributed by atoms with Gasteiger partial charge in [-0.1, -0.05) is 45.0 Å². The van der Waals surface area contributed by atoms with Crippen molar-refractivity contribution < 1.29 is 14.3 Å². The van der Waals surface area contributed by atoms with Crippen molar-refractivity contribution in [3.63, 3.8) is 0 Å². The van der Waals surface area contributed by atoms with Crippen LogP contribution in [0.2, 0.25) is 0 Å². The van der Waals surface area contributed by atoms with E-state index >= 15 is 0 Å². The lowest BCUT2D eigenvalue weighted by Gasteiger charge is -2.19. The molecule has 4 nitrogen and oxygen atoms in total. The number of hydrogen-bond acceptors (Lipinski definition) is 3. The number of benzene rings is 1. The Kier molecular flexibility index (Phi) is 4.16. The van der Waals surface area contributed by atoms with Gasteiger partial charge in [0.25, 0.3) is 0 Å². The van der Waals surface area contributed by atoms with Crippen molar-refractivity contribution in [3.8, 4) is 0 Å². The highest BCUT2D eigenvalue weighted by molar-refractivity contribution is 6.09. The summed E-state index contributed by atoms with van der Waals surface area (Å²) in [6.07, 6.45) is 0.0786. The van der Waals surface area contributed by atoms with Gasteiger partial charge in [-0.25, -0.2) is 4.79 Å². The molecule has 1 aromatic carbocycles. The highest BCUT2D eigenvalue weighted by atomic mass is 16.5. The molecule has 0 saturated heterocycles. The van der Waals surface area contributed by atoms with E-state index in [9.17, 15) is 9.59 Å². The van der Waals surface area contributed by atoms with Gasteiger partial charge in [-0.2, -0.15) is 0 Å². The van der Waals surface area contributed by atoms with Crippen LogP contribution in [-0.4, -0.2) is 18.5 Å². The second-order valence-corrected chi connectivity index (χ2v) is 6.13. The first kappa shape index (κ1) is 15.3. The Labute approximate surface area is 125 Å². The average molecular weight is 287 g/mol. The van der Waals surface area contributed by atoms with Gasteiger partial charge < -0.3 is 10.1 Å². The number of nitrogens with one attached hydrogen (secondary N) is 1. The van der Waals surface area contributed by atoms with E-state index in [2.05, 4.69) is 26.1 Å². The number of carbonyl (C=O) groups excluding carboxylic acids is 2. The molecule has 0 spiro atoms. The van der Waals surface area contributed by atoms with Crippen LogP contribution in [0.4, 0.5) is 0 Å². The Morgan fingerprint density at radius 3 is 2.38 bits per heavy atom. The zero-order valence-electron chi connectivity index (χ0n) is 12.9. The molecule has 0 aliphatic carbocycles. The van der Waals surface area contributed by atoms with E-state index in [1.807, 2.05) is 24.3 Å². The molecule has 1 heterocycles. The van der Waals surface area contributed by atoms with Crippen LogP contribution in [0.15, 0.2) is 29.8 Å². The van der Waals surface area contributed by atoms with Crippen molar-refractivity contribution in [2.75, 3.05) is 6.61 Å². The molecule has 1 N–H and O–H groups in total. The fourth-order valence-electron chi connectivity index (χ4n) is 2.28. The molecule has 4 heteroatoms. The Balaban J connectivity index is 2.36. The van der Waals surface area contributed by atoms with E-state index in [1.54, 1.807) is 6.92 Å². The second kappa shape index (κ2) is 5.72. The normalized spacial score (nSPS) is 15.1. The van der Waals surface area contributed by atoms with E-state index in [1.165, 1.54) is 5.56 Å². The Bertz CT molecular complexity index is 591. The highest BCUT2D eigenvalue weighted by Gasteiger charge is 2.28. The summed E-state index contributed by atoms with van der Waals surface area (Å²) >= 11 is 0. The fourth-order valence-corrected chi connectivity index (χ4v) is 2.28. The number of hydrogen-bond donors (Lipinski definition) is 1. The summed E-state index contributed by atoms with van der Waals surface area (Å²) in [4.78, 5) is 23.5. The summed E-state index contributed by atoms with van der Waals surface area (Å²) in [5, 5.41) is 2.76. The largest absolute Gasteiger partial charge is 0.463 e. The molecule has 1 amide bonds. The van der Waals surface area contributed by atoms with Crippen molar-refractivity contribution in [2.45, 2.75) is 39.5 Å². The molecule has 0 aromatic heterocycles. The van der Waals surface area contributed by atoms with E-state index in [0.717, 1.165) is 5.56 Å². The van der Waals surface area contributed by atoms with E-state index in [4.69, 9.17) is 4.74 Å². The minimum absolute atomic E-state index is 0.0653. The third-order valence-corrected chi connectivity index (χ3v) is 3.46. The van der Waals surface area contributed by atoms with Gasteiger partial charge in [-0.05, 0) is 23.5 Å². The average Bonchev–Trinajstić information content (AvgIpc) is 2.80. The standard InChI is InChI=1S/C17H21NO3/c1-5-21-16(20)13-10-14(19)18-15(13)11-6-8-12(9-7-11)17(2,3)4/h6-9H,5,10H2,1-4H3,(H,18,19). The molecule has 21 heavy (non-hydrogen) atoms. The number of amides is 1. The molecular formula is C17H21NO3. The molecule has 1 aliphatic rings. The van der Waals surface area contributed by atoms with Crippen molar-refractivity contribution in [1.82, 2.24) is 5.32 Å². The molecule has 0 unspecified atom stereocenters. The maximum atomic E-state index is 11.9. The molecular weight excluding hydrogens is 266 g/mol. The van der Waals surface area contributed by atoms with Crippen LogP contribution in [0.3, 0.4) is 0 Å². The smallest absolute Gasteiger partial charge is 0.336 e. The van der Waals surface area contributed by atoms with Gasteiger partial charge in [0.2, 0.25) is 5.91 Å². The summed E-state index contributed by atoms with van der Waals surface area (Å²) in [6.45, 7) is 8.47. The maximum Gasteiger partial charge on any atom is 0.336 e. The lowest BCUT2D eigenvalue weighted by Crippen LogP contribution is -2.15. The molecule has 0 radical (unpaired) electrons. The lowest BCUT2D eigenvalue weighted by atomic mass is 9.86. The quantitative estimate of drug-likeness (QED) is 0.870. The zero-order valence-corrected chi connectivity index (χ0v) is 12.9. The first-order valence-electron chi connectivity index (χ1n) is 7.14. The topological polar surface area (TPSA) is 55.4 Å². The van der Waals surface area contributed by atoms with Gasteiger partial charge in [0, 0.05) is 0 Å². The minimum atomic E-state index is -0.425. The van der Waals surface area contributed by atoms with Crippen LogP contribution in [-0.2, 0) is 19.7 Å². The molecule has 0 fully saturated rings. The summed E-state index contributed by atoms with van der Waals surface area (Å²) in [5.74, 6) is -0.598. The van der Waals surface area contributed by atoms with Gasteiger partial charge in [0.05, 0.1) is 24.3 Å². The summed E-state index contributed by atoms with van der Waals surface area (Å²) in [5.41, 5.74) is 3.07. The van der Waals surface area contributed by atoms with Gasteiger partial charge >= 0.3 is 5.97 Å². The Morgan fingerprint density at radius 2 is 1.86 bits per heavy atom. The monoisotopic (exact) mass is 287 g/mol. The molecule has 1 aliphatic heterocycles. The lowest BCUT2D eigenvalue weighted by molar-refractivity contribution is -0.139. The van der Waals surface area contributed by atoms with Gasteiger partial charge in [0.15, 0.2) is 0 Å². The van der Waals surface area contributed by atoms with Crippen molar-refractivity contribution in [1.29, 1.82) is 0 Å². The molecule has 1 aromatic rings. The maximum absolute atomic E-state index is 11.9. The fraction of sp³-hybridized carbons (Fsp3) is 0.412. The third-order valence-electron chi connectivity index (χ3n) is 3.46. The van der Waals surface area contributed by atoms with Crippen LogP contribution in [0, 0.1) is 0 Å². The SMILES string of the molecule is CCOC(=O)C1=C(c2ccc(C(C)(C)C)cc2)NC(=O)C1. The van der Waals surface area contributed by atoms with E-state index in [-0.39, 0.29) is 17.7 Å². The van der Waals surface area contributed by atoms with Crippen molar-refractivity contribution >= 4 is 17.6 Å². The second-order valence-electron chi connectivity index (χ2n) is 6.13. The third kappa shape index (κ3) is 3.32. The van der Waals surface area contributed by atoms with E-state index in [0.29, 0.717) is 17.9 Å². The van der Waals surface area contributed by atoms with Crippen LogP contribution in [0.1, 0.15) is 45.2 Å². The highest BCUT2D eigenvalue weighted by Crippen LogP contribution is 2.28. The first-order valence-corrected chi connectivity index (χ1v) is 7.14. The number of esters is 1. The number of rotatable bonds is 3. The Hall–Kier alpha value is -2.10. The predicted octanol–water partition coefficient (Wildman–Crippen LogP) is 2.78. The van der Waals surface area contributed by atoms with Crippen molar-refractivity contribution in [2.24, 2.45) is 0 Å². The van der Waals surface area contributed by atoms with Gasteiger partial charge in [-0.15, -0.1) is 0 Å². The molecule has 0 saturated carbocycles. The van der Waals surface area contributed by atoms with Gasteiger partial charge in [-0.3, -0.25) is 4.79 Å². The summed E-state index contributed by atoms with van der Waals surface area (Å²) in [6, 6.07) is 7.91. The number of carbonyl (C=O) groups is 2. The Morgan fingerprint density at radius 1 is 1.24 bits per heavy atom.